The van der Waals surface area contributed by atoms with Crippen molar-refractivity contribution in [3.8, 4) is 0 Å². The maximum atomic E-state index is 4.82. The molecule has 2 heterocycles. The van der Waals surface area contributed by atoms with Crippen LogP contribution in [0.1, 0.15) is 13.8 Å². The average Bonchev–Trinajstić information content (AvgIpc) is 3.20. The molecule has 0 amide bonds. The van der Waals surface area contributed by atoms with Crippen molar-refractivity contribution in [1.29, 1.82) is 0 Å². The second-order valence-corrected chi connectivity index (χ2v) is 3.37. The molecule has 2 atom stereocenters. The van der Waals surface area contributed by atoms with E-state index in [9.17, 15) is 0 Å². The highest BCUT2D eigenvalue weighted by Crippen LogP contribution is 2.07. The zero-order valence-electron chi connectivity index (χ0n) is 11.5. The summed E-state index contributed by atoms with van der Waals surface area (Å²) in [6.45, 7) is 13.2. The predicted molar refractivity (Wildman–Crippen MR) is 70.1 cm³/mol. The van der Waals surface area contributed by atoms with Gasteiger partial charge in [-0.15, -0.1) is 6.58 Å². The molecule has 0 aromatic heterocycles. The zero-order chi connectivity index (χ0) is 13.5. The van der Waals surface area contributed by atoms with Gasteiger partial charge in [-0.25, -0.2) is 0 Å². The molecule has 0 aromatic carbocycles. The molecule has 0 radical (unpaired) electrons. The maximum Gasteiger partial charge on any atom is 0.104 e. The summed E-state index contributed by atoms with van der Waals surface area (Å²) in [6.07, 6.45) is 4.13. The molecule has 0 aromatic rings. The number of hydrogen-bond donors (Lipinski definition) is 0. The van der Waals surface area contributed by atoms with Gasteiger partial charge in [0.25, 0.3) is 0 Å². The minimum atomic E-state index is 0.426. The Morgan fingerprint density at radius 1 is 1.24 bits per heavy atom. The van der Waals surface area contributed by atoms with Gasteiger partial charge in [0.2, 0.25) is 0 Å². The predicted octanol–water partition coefficient (Wildman–Crippen LogP) is 2.41. The Labute approximate surface area is 105 Å². The first-order valence-corrected chi connectivity index (χ1v) is 5.59. The molecule has 4 nitrogen and oxygen atoms in total. The van der Waals surface area contributed by atoms with Gasteiger partial charge in [-0.1, -0.05) is 12.7 Å². The van der Waals surface area contributed by atoms with Crippen molar-refractivity contribution < 1.29 is 18.9 Å². The van der Waals surface area contributed by atoms with Crippen LogP contribution in [0.15, 0.2) is 25.5 Å². The van der Waals surface area contributed by atoms with E-state index in [1.165, 1.54) is 6.26 Å². The van der Waals surface area contributed by atoms with E-state index in [2.05, 4.69) is 24.8 Å². The largest absolute Gasteiger partial charge is 0.505 e. The molecular weight excluding hydrogens is 220 g/mol. The summed E-state index contributed by atoms with van der Waals surface area (Å²) in [5.74, 6) is 0. The quantitative estimate of drug-likeness (QED) is 0.436. The molecular formula is C13H26O4. The molecule has 2 aliphatic heterocycles. The Morgan fingerprint density at radius 2 is 1.59 bits per heavy atom. The van der Waals surface area contributed by atoms with Crippen molar-refractivity contribution in [3.63, 3.8) is 0 Å². The molecule has 102 valence electrons. The van der Waals surface area contributed by atoms with E-state index in [1.54, 1.807) is 20.3 Å². The molecule has 2 saturated heterocycles. The number of epoxide rings is 2. The van der Waals surface area contributed by atoms with Crippen LogP contribution in [-0.2, 0) is 18.9 Å². The molecule has 0 bridgehead atoms. The average molecular weight is 246 g/mol. The number of ether oxygens (including phenoxy) is 4. The fraction of sp³-hybridized carbons (Fsp3) is 0.692. The van der Waals surface area contributed by atoms with E-state index >= 15 is 0 Å². The third-order valence-corrected chi connectivity index (χ3v) is 1.42. The van der Waals surface area contributed by atoms with E-state index in [4.69, 9.17) is 14.2 Å². The summed E-state index contributed by atoms with van der Waals surface area (Å²) in [6, 6.07) is 0. The highest BCUT2D eigenvalue weighted by atomic mass is 16.6. The minimum Gasteiger partial charge on any atom is -0.505 e. The van der Waals surface area contributed by atoms with Crippen LogP contribution >= 0.6 is 0 Å². The van der Waals surface area contributed by atoms with Gasteiger partial charge in [0.15, 0.2) is 0 Å². The van der Waals surface area contributed by atoms with Crippen molar-refractivity contribution in [2.45, 2.75) is 26.1 Å². The zero-order valence-corrected chi connectivity index (χ0v) is 11.5. The molecule has 2 aliphatic rings. The van der Waals surface area contributed by atoms with Gasteiger partial charge in [-0.05, 0) is 13.8 Å². The summed E-state index contributed by atoms with van der Waals surface area (Å²) in [5, 5.41) is 0. The lowest BCUT2D eigenvalue weighted by Crippen LogP contribution is -1.94. The Hall–Kier alpha value is -0.840. The fourth-order valence-corrected chi connectivity index (χ4v) is 0.446. The smallest absolute Gasteiger partial charge is 0.104 e. The van der Waals surface area contributed by atoms with Gasteiger partial charge < -0.3 is 18.9 Å². The Morgan fingerprint density at radius 3 is 1.65 bits per heavy atom. The molecule has 0 N–H and O–H groups in total. The van der Waals surface area contributed by atoms with Crippen LogP contribution in [0.25, 0.3) is 0 Å². The van der Waals surface area contributed by atoms with Crippen molar-refractivity contribution in [2.75, 3.05) is 34.0 Å². The molecule has 17 heavy (non-hydrogen) atoms. The van der Waals surface area contributed by atoms with Crippen molar-refractivity contribution in [2.24, 2.45) is 0 Å². The van der Waals surface area contributed by atoms with Crippen LogP contribution in [-0.4, -0.2) is 46.2 Å². The summed E-state index contributed by atoms with van der Waals surface area (Å²) >= 11 is 0. The highest BCUT2D eigenvalue weighted by Gasteiger charge is 2.21. The molecule has 4 heteroatoms. The molecule has 0 spiro atoms. The minimum absolute atomic E-state index is 0.426. The number of methoxy groups -OCH3 is 2. The Kier molecular flexibility index (Phi) is 16.5. The van der Waals surface area contributed by atoms with Gasteiger partial charge in [-0.3, -0.25) is 0 Å². The first-order chi connectivity index (χ1) is 8.15. The van der Waals surface area contributed by atoms with Crippen molar-refractivity contribution in [3.05, 3.63) is 25.5 Å². The van der Waals surface area contributed by atoms with Gasteiger partial charge in [0, 0.05) is 7.11 Å². The molecule has 0 saturated carbocycles. The topological polar surface area (TPSA) is 43.5 Å². The van der Waals surface area contributed by atoms with Gasteiger partial charge >= 0.3 is 0 Å². The highest BCUT2D eigenvalue weighted by molar-refractivity contribution is 4.66. The monoisotopic (exact) mass is 246 g/mol. The normalized spacial score (nSPS) is 22.1. The lowest BCUT2D eigenvalue weighted by molar-refractivity contribution is 0.171. The maximum absolute atomic E-state index is 4.82. The summed E-state index contributed by atoms with van der Waals surface area (Å²) in [7, 11) is 3.24. The van der Waals surface area contributed by atoms with E-state index < -0.39 is 0 Å². The van der Waals surface area contributed by atoms with Gasteiger partial charge in [0.05, 0.1) is 39.3 Å². The standard InChI is InChI=1S/C4H8O2.2C3H6O.C3H6/c1-5-2-4-3-6-4;1-3-2-4-3;1-3-4-2;1-3-2/h4H,2-3H2,1H3;3H,2H2,1H3;3H,1H2,2H3;3H,1H2,2H3. The van der Waals surface area contributed by atoms with Gasteiger partial charge in [0.1, 0.15) is 6.10 Å². The molecule has 2 unspecified atom stereocenters. The van der Waals surface area contributed by atoms with Crippen LogP contribution in [0.4, 0.5) is 0 Å². The fourth-order valence-electron chi connectivity index (χ4n) is 0.446. The summed E-state index contributed by atoms with van der Waals surface area (Å²) in [4.78, 5) is 0. The van der Waals surface area contributed by atoms with Crippen LogP contribution in [0.5, 0.6) is 0 Å². The van der Waals surface area contributed by atoms with Crippen LogP contribution in [0.2, 0.25) is 0 Å². The van der Waals surface area contributed by atoms with Crippen LogP contribution < -0.4 is 0 Å². The SMILES string of the molecule is C=CC.C=COC.CC1CO1.COCC1CO1. The Balaban J connectivity index is 0. The lowest BCUT2D eigenvalue weighted by Gasteiger charge is -1.84. The third-order valence-electron chi connectivity index (χ3n) is 1.42. The number of hydrogen-bond acceptors (Lipinski definition) is 4. The first kappa shape index (κ1) is 18.5. The van der Waals surface area contributed by atoms with E-state index in [0.717, 1.165) is 19.8 Å². The molecule has 2 fully saturated rings. The number of rotatable bonds is 3. The first-order valence-electron chi connectivity index (χ1n) is 5.59. The van der Waals surface area contributed by atoms with E-state index in [1.807, 2.05) is 6.92 Å². The van der Waals surface area contributed by atoms with Gasteiger partial charge in [-0.2, -0.15) is 0 Å². The Bertz CT molecular complexity index is 163. The van der Waals surface area contributed by atoms with Crippen LogP contribution in [0, 0.1) is 0 Å². The number of allylic oxidation sites excluding steroid dienone is 1. The lowest BCUT2D eigenvalue weighted by atomic mass is 10.5. The van der Waals surface area contributed by atoms with E-state index in [-0.39, 0.29) is 0 Å². The second-order valence-electron chi connectivity index (χ2n) is 3.37. The van der Waals surface area contributed by atoms with Crippen LogP contribution in [0.3, 0.4) is 0 Å². The molecule has 0 aliphatic carbocycles. The third kappa shape index (κ3) is 31.3. The van der Waals surface area contributed by atoms with Crippen molar-refractivity contribution in [1.82, 2.24) is 0 Å². The summed E-state index contributed by atoms with van der Waals surface area (Å²) in [5.41, 5.74) is 0. The summed E-state index contributed by atoms with van der Waals surface area (Å²) < 4.78 is 18.6. The second kappa shape index (κ2) is 15.2. The van der Waals surface area contributed by atoms with Crippen molar-refractivity contribution >= 4 is 0 Å². The molecule has 2 rings (SSSR count). The van der Waals surface area contributed by atoms with E-state index in [0.29, 0.717) is 12.2 Å².